The molecule has 98 valence electrons. The Balaban J connectivity index is 2.31. The van der Waals surface area contributed by atoms with Crippen LogP contribution < -0.4 is 4.90 Å². The summed E-state index contributed by atoms with van der Waals surface area (Å²) in [5.41, 5.74) is 2.62. The van der Waals surface area contributed by atoms with Gasteiger partial charge in [0.15, 0.2) is 0 Å². The number of hydrogen-bond donors (Lipinski definition) is 1. The third-order valence-electron chi connectivity index (χ3n) is 3.82. The highest BCUT2D eigenvalue weighted by Gasteiger charge is 2.28. The number of hydrogen-bond acceptors (Lipinski definition) is 2. The van der Waals surface area contributed by atoms with Gasteiger partial charge in [-0.2, -0.15) is 0 Å². The van der Waals surface area contributed by atoms with Gasteiger partial charge in [0.25, 0.3) is 0 Å². The van der Waals surface area contributed by atoms with Gasteiger partial charge in [0.1, 0.15) is 0 Å². The average molecular weight is 247 g/mol. The monoisotopic (exact) mass is 247 g/mol. The van der Waals surface area contributed by atoms with Gasteiger partial charge in [-0.3, -0.25) is 0 Å². The first-order valence-corrected chi connectivity index (χ1v) is 6.61. The summed E-state index contributed by atoms with van der Waals surface area (Å²) in [5.74, 6) is -0.225. The predicted octanol–water partition coefficient (Wildman–Crippen LogP) is 3.32. The molecule has 0 radical (unpaired) electrons. The number of aromatic carboxylic acids is 1. The van der Waals surface area contributed by atoms with Crippen LogP contribution in [0.3, 0.4) is 0 Å². The van der Waals surface area contributed by atoms with E-state index in [4.69, 9.17) is 5.11 Å². The van der Waals surface area contributed by atoms with Crippen molar-refractivity contribution in [1.29, 1.82) is 0 Å². The lowest BCUT2D eigenvalue weighted by Gasteiger charge is -2.31. The largest absolute Gasteiger partial charge is 0.478 e. The van der Waals surface area contributed by atoms with Crippen molar-refractivity contribution in [3.8, 4) is 0 Å². The van der Waals surface area contributed by atoms with Gasteiger partial charge in [-0.15, -0.1) is 0 Å². The van der Waals surface area contributed by atoms with Crippen LogP contribution in [-0.4, -0.2) is 23.7 Å². The molecule has 1 aromatic carbocycles. The van der Waals surface area contributed by atoms with Crippen molar-refractivity contribution in [3.63, 3.8) is 0 Å². The Kier molecular flexibility index (Phi) is 3.60. The van der Waals surface area contributed by atoms with Crippen molar-refractivity contribution in [2.45, 2.75) is 39.7 Å². The molecule has 1 aliphatic rings. The van der Waals surface area contributed by atoms with Gasteiger partial charge in [0.05, 0.1) is 5.56 Å². The fourth-order valence-electron chi connectivity index (χ4n) is 2.90. The summed E-state index contributed by atoms with van der Waals surface area (Å²) in [6.45, 7) is 7.58. The highest BCUT2D eigenvalue weighted by molar-refractivity contribution is 5.88. The van der Waals surface area contributed by atoms with Crippen LogP contribution in [-0.2, 0) is 0 Å². The average Bonchev–Trinajstić information content (AvgIpc) is 2.77. The summed E-state index contributed by atoms with van der Waals surface area (Å²) in [6, 6.07) is 6.02. The van der Waals surface area contributed by atoms with E-state index in [2.05, 4.69) is 18.7 Å². The Hall–Kier alpha value is -1.51. The van der Waals surface area contributed by atoms with Crippen molar-refractivity contribution in [2.75, 3.05) is 11.4 Å². The first-order chi connectivity index (χ1) is 8.50. The highest BCUT2D eigenvalue weighted by Crippen LogP contribution is 2.32. The van der Waals surface area contributed by atoms with Crippen LogP contribution in [0.25, 0.3) is 0 Å². The molecule has 0 aliphatic carbocycles. The number of carboxylic acids is 1. The smallest absolute Gasteiger partial charge is 0.335 e. The minimum Gasteiger partial charge on any atom is -0.478 e. The molecular formula is C15H21NO2. The first-order valence-electron chi connectivity index (χ1n) is 6.61. The Morgan fingerprint density at radius 2 is 2.17 bits per heavy atom. The molecule has 1 unspecified atom stereocenters. The standard InChI is InChI=1S/C15H21NO2/c1-10(2)13-5-4-8-16(13)14-7-6-12(15(17)18)9-11(14)3/h6-7,9-10,13H,4-5,8H2,1-3H3,(H,17,18). The van der Waals surface area contributed by atoms with E-state index in [1.165, 1.54) is 18.5 Å². The minimum atomic E-state index is -0.855. The second-order valence-electron chi connectivity index (χ2n) is 5.45. The molecule has 3 nitrogen and oxygen atoms in total. The van der Waals surface area contributed by atoms with E-state index in [0.29, 0.717) is 17.5 Å². The number of carbonyl (C=O) groups is 1. The van der Waals surface area contributed by atoms with E-state index in [1.54, 1.807) is 12.1 Å². The van der Waals surface area contributed by atoms with E-state index in [-0.39, 0.29) is 0 Å². The van der Waals surface area contributed by atoms with Crippen LogP contribution in [0.5, 0.6) is 0 Å². The minimum absolute atomic E-state index is 0.372. The summed E-state index contributed by atoms with van der Waals surface area (Å²) in [5, 5.41) is 8.99. The van der Waals surface area contributed by atoms with Gasteiger partial charge < -0.3 is 10.0 Å². The van der Waals surface area contributed by atoms with Crippen LogP contribution >= 0.6 is 0 Å². The number of anilines is 1. The maximum Gasteiger partial charge on any atom is 0.335 e. The lowest BCUT2D eigenvalue weighted by Crippen LogP contribution is -2.33. The summed E-state index contributed by atoms with van der Waals surface area (Å²) >= 11 is 0. The van der Waals surface area contributed by atoms with Crippen molar-refractivity contribution in [3.05, 3.63) is 29.3 Å². The second kappa shape index (κ2) is 5.01. The topological polar surface area (TPSA) is 40.5 Å². The summed E-state index contributed by atoms with van der Waals surface area (Å²) in [4.78, 5) is 13.4. The summed E-state index contributed by atoms with van der Waals surface area (Å²) in [6.07, 6.45) is 2.46. The van der Waals surface area contributed by atoms with Crippen molar-refractivity contribution in [1.82, 2.24) is 0 Å². The van der Waals surface area contributed by atoms with Crippen molar-refractivity contribution < 1.29 is 9.90 Å². The van der Waals surface area contributed by atoms with Gasteiger partial charge in [-0.25, -0.2) is 4.79 Å². The lowest BCUT2D eigenvalue weighted by atomic mass is 10.0. The third kappa shape index (κ3) is 2.35. The number of rotatable bonds is 3. The zero-order valence-electron chi connectivity index (χ0n) is 11.3. The normalized spacial score (nSPS) is 19.6. The molecule has 0 bridgehead atoms. The highest BCUT2D eigenvalue weighted by atomic mass is 16.4. The molecule has 1 saturated heterocycles. The number of nitrogens with zero attached hydrogens (tertiary/aromatic N) is 1. The van der Waals surface area contributed by atoms with E-state index < -0.39 is 5.97 Å². The quantitative estimate of drug-likeness (QED) is 0.890. The Morgan fingerprint density at radius 1 is 1.44 bits per heavy atom. The number of carboxylic acid groups (broad SMARTS) is 1. The zero-order chi connectivity index (χ0) is 13.3. The van der Waals surface area contributed by atoms with Gasteiger partial charge >= 0.3 is 5.97 Å². The molecule has 0 spiro atoms. The second-order valence-corrected chi connectivity index (χ2v) is 5.45. The molecule has 3 heteroatoms. The van der Waals surface area contributed by atoms with Crippen LogP contribution in [0.2, 0.25) is 0 Å². The van der Waals surface area contributed by atoms with Gasteiger partial charge in [-0.1, -0.05) is 13.8 Å². The molecule has 1 fully saturated rings. The van der Waals surface area contributed by atoms with Crippen LogP contribution in [0.1, 0.15) is 42.6 Å². The predicted molar refractivity (Wildman–Crippen MR) is 73.3 cm³/mol. The lowest BCUT2D eigenvalue weighted by molar-refractivity contribution is 0.0697. The molecule has 0 aromatic heterocycles. The van der Waals surface area contributed by atoms with Crippen LogP contribution in [0.15, 0.2) is 18.2 Å². The Labute approximate surface area is 108 Å². The van der Waals surface area contributed by atoms with E-state index >= 15 is 0 Å². The van der Waals surface area contributed by atoms with E-state index in [0.717, 1.165) is 12.1 Å². The third-order valence-corrected chi connectivity index (χ3v) is 3.82. The Morgan fingerprint density at radius 3 is 2.72 bits per heavy atom. The maximum absolute atomic E-state index is 10.9. The van der Waals surface area contributed by atoms with Gasteiger partial charge in [-0.05, 0) is 49.4 Å². The molecule has 1 aromatic rings. The molecule has 1 N–H and O–H groups in total. The molecule has 1 aliphatic heterocycles. The molecule has 2 rings (SSSR count). The molecular weight excluding hydrogens is 226 g/mol. The maximum atomic E-state index is 10.9. The molecule has 1 atom stereocenters. The first kappa shape index (κ1) is 12.9. The summed E-state index contributed by atoms with van der Waals surface area (Å²) < 4.78 is 0. The van der Waals surface area contributed by atoms with E-state index in [9.17, 15) is 4.79 Å². The van der Waals surface area contributed by atoms with Crippen LogP contribution in [0, 0.1) is 12.8 Å². The SMILES string of the molecule is Cc1cc(C(=O)O)ccc1N1CCCC1C(C)C. The molecule has 1 heterocycles. The molecule has 18 heavy (non-hydrogen) atoms. The zero-order valence-corrected chi connectivity index (χ0v) is 11.3. The van der Waals surface area contributed by atoms with Crippen molar-refractivity contribution in [2.24, 2.45) is 5.92 Å². The summed E-state index contributed by atoms with van der Waals surface area (Å²) in [7, 11) is 0. The van der Waals surface area contributed by atoms with Crippen LogP contribution in [0.4, 0.5) is 5.69 Å². The fraction of sp³-hybridized carbons (Fsp3) is 0.533. The van der Waals surface area contributed by atoms with E-state index in [1.807, 2.05) is 13.0 Å². The van der Waals surface area contributed by atoms with Crippen molar-refractivity contribution >= 4 is 11.7 Å². The number of benzene rings is 1. The molecule has 0 amide bonds. The van der Waals surface area contributed by atoms with Gasteiger partial charge in [0, 0.05) is 18.3 Å². The molecule has 0 saturated carbocycles. The number of aryl methyl sites for hydroxylation is 1. The van der Waals surface area contributed by atoms with Gasteiger partial charge in [0.2, 0.25) is 0 Å². The fourth-order valence-corrected chi connectivity index (χ4v) is 2.90. The Bertz CT molecular complexity index is 454.